The monoisotopic (exact) mass is 508 g/mol. The van der Waals surface area contributed by atoms with Gasteiger partial charge in [-0.15, -0.1) is 0 Å². The van der Waals surface area contributed by atoms with Crippen molar-refractivity contribution >= 4 is 41.0 Å². The first kappa shape index (κ1) is 17.6. The van der Waals surface area contributed by atoms with Gasteiger partial charge in [-0.05, 0) is 0 Å². The van der Waals surface area contributed by atoms with E-state index in [2.05, 4.69) is 114 Å². The van der Waals surface area contributed by atoms with E-state index >= 15 is 0 Å². The van der Waals surface area contributed by atoms with Crippen molar-refractivity contribution in [3.63, 3.8) is 0 Å². The third-order valence-electron chi connectivity index (χ3n) is 2.04. The molecule has 0 saturated carbocycles. The van der Waals surface area contributed by atoms with Crippen molar-refractivity contribution in [3.8, 4) is 0 Å². The van der Waals surface area contributed by atoms with Crippen LogP contribution in [0.25, 0.3) is 0 Å². The van der Waals surface area contributed by atoms with Crippen molar-refractivity contribution < 1.29 is 8.07 Å². The van der Waals surface area contributed by atoms with E-state index in [1.54, 1.807) is 8.07 Å². The summed E-state index contributed by atoms with van der Waals surface area (Å²) in [5.74, 6) is 0. The van der Waals surface area contributed by atoms with Gasteiger partial charge in [-0.3, -0.25) is 0 Å². The van der Waals surface area contributed by atoms with Gasteiger partial charge in [-0.1, -0.05) is 0 Å². The molecular weight excluding hydrogens is 489 g/mol. The molecule has 0 fully saturated rings. The normalized spacial score (nSPS) is 17.1. The fourth-order valence-corrected chi connectivity index (χ4v) is 1.35. The maximum absolute atomic E-state index is 2.21. The molecule has 0 spiro atoms. The van der Waals surface area contributed by atoms with Crippen molar-refractivity contribution in [2.24, 2.45) is 0 Å². The van der Waals surface area contributed by atoms with Crippen molar-refractivity contribution in [2.75, 3.05) is 41.5 Å². The Morgan fingerprint density at radius 1 is 0.706 bits per heavy atom. The van der Waals surface area contributed by atoms with E-state index in [-0.39, 0.29) is 0 Å². The van der Waals surface area contributed by atoms with Gasteiger partial charge in [0.2, 0.25) is 0 Å². The summed E-state index contributed by atoms with van der Waals surface area (Å²) in [5.41, 5.74) is 0. The van der Waals surface area contributed by atoms with Gasteiger partial charge >= 0.3 is 49.0 Å². The zero-order chi connectivity index (χ0) is 13.3. The van der Waals surface area contributed by atoms with Crippen molar-refractivity contribution in [3.05, 3.63) is 24.8 Å². The van der Waals surface area contributed by atoms with Crippen LogP contribution in [0.3, 0.4) is 0 Å². The van der Waals surface area contributed by atoms with Crippen LogP contribution in [0.5, 0.6) is 0 Å². The quantitative estimate of drug-likeness (QED) is 0.368. The number of nitrogens with zero attached hydrogens (tertiary/aromatic N) is 4. The first-order valence-electron chi connectivity index (χ1n) is 4.99. The van der Waals surface area contributed by atoms with E-state index in [9.17, 15) is 0 Å². The van der Waals surface area contributed by atoms with Crippen LogP contribution in [0.2, 0.25) is 0 Å². The van der Waals surface area contributed by atoms with Gasteiger partial charge in [0, 0.05) is 53.0 Å². The molecule has 0 aromatic carbocycles. The van der Waals surface area contributed by atoms with E-state index in [4.69, 9.17) is 0 Å². The van der Waals surface area contributed by atoms with Crippen LogP contribution in [0.15, 0.2) is 24.8 Å². The molecule has 0 amide bonds. The molecule has 0 aromatic rings. The predicted octanol–water partition coefficient (Wildman–Crippen LogP) is 2.35. The summed E-state index contributed by atoms with van der Waals surface area (Å²) in [5, 5.41) is 0. The summed E-state index contributed by atoms with van der Waals surface area (Å²) in [6.45, 7) is 2.06. The SMILES string of the molecule is CN1C=CN(C)C1.CN1C=CN(C)C1.[I][Ni][I]. The van der Waals surface area contributed by atoms with Gasteiger partial charge < -0.3 is 19.6 Å². The zero-order valence-electron chi connectivity index (χ0n) is 10.6. The van der Waals surface area contributed by atoms with Gasteiger partial charge in [0.15, 0.2) is 0 Å². The maximum atomic E-state index is 2.21. The number of halogens is 2. The molecule has 0 N–H and O–H groups in total. The fraction of sp³-hybridized carbons (Fsp3) is 0.600. The molecule has 0 atom stereocenters. The Morgan fingerprint density at radius 3 is 0.941 bits per heavy atom. The minimum absolute atomic E-state index is 1.03. The Labute approximate surface area is 134 Å². The molecule has 104 valence electrons. The van der Waals surface area contributed by atoms with Crippen LogP contribution in [0, 0.1) is 0 Å². The summed E-state index contributed by atoms with van der Waals surface area (Å²) in [6.07, 6.45) is 8.22. The Bertz CT molecular complexity index is 206. The molecule has 0 bridgehead atoms. The molecule has 0 aromatic heterocycles. The molecule has 4 nitrogen and oxygen atoms in total. The standard InChI is InChI=1S/2C5H10N2.2HI.Ni/c2*1-6-3-4-7(2)5-6;;;/h2*3-4H,5H2,1-2H3;2*1H;/q;;;;+2/p-2. The predicted molar refractivity (Wildman–Crippen MR) is 87.1 cm³/mol. The molecule has 0 radical (unpaired) electrons. The molecule has 2 rings (SSSR count). The Balaban J connectivity index is 0.000000247. The fourth-order valence-electron chi connectivity index (χ4n) is 1.35. The Hall–Kier alpha value is 0.634. The van der Waals surface area contributed by atoms with Crippen molar-refractivity contribution in [2.45, 2.75) is 0 Å². The Morgan fingerprint density at radius 2 is 0.882 bits per heavy atom. The van der Waals surface area contributed by atoms with Crippen LogP contribution in [0.1, 0.15) is 0 Å². The average Bonchev–Trinajstić information content (AvgIpc) is 2.78. The van der Waals surface area contributed by atoms with Crippen LogP contribution in [-0.2, 0) is 8.07 Å². The molecule has 7 heteroatoms. The van der Waals surface area contributed by atoms with Crippen LogP contribution >= 0.6 is 41.0 Å². The second-order valence-electron chi connectivity index (χ2n) is 3.95. The molecule has 2 aliphatic heterocycles. The average molecular weight is 509 g/mol. The number of hydrogen-bond donors (Lipinski definition) is 0. The number of rotatable bonds is 0. The third-order valence-corrected chi connectivity index (χ3v) is 2.04. The van der Waals surface area contributed by atoms with E-state index in [0.29, 0.717) is 0 Å². The summed E-state index contributed by atoms with van der Waals surface area (Å²) >= 11 is 4.43. The molecule has 0 unspecified atom stereocenters. The molecule has 17 heavy (non-hydrogen) atoms. The second kappa shape index (κ2) is 10.5. The van der Waals surface area contributed by atoms with E-state index in [1.807, 2.05) is 0 Å². The summed E-state index contributed by atoms with van der Waals surface area (Å²) in [7, 11) is 9.79. The topological polar surface area (TPSA) is 13.0 Å². The van der Waals surface area contributed by atoms with Crippen LogP contribution in [0.4, 0.5) is 0 Å². The first-order valence-corrected chi connectivity index (χ1v) is 11.4. The molecule has 0 saturated heterocycles. The number of hydrogen-bond acceptors (Lipinski definition) is 4. The van der Waals surface area contributed by atoms with Gasteiger partial charge in [0.1, 0.15) is 0 Å². The molecule has 2 aliphatic rings. The summed E-state index contributed by atoms with van der Waals surface area (Å²) < 4.78 is 0. The van der Waals surface area contributed by atoms with Gasteiger partial charge in [0.25, 0.3) is 0 Å². The molecular formula is C10H20I2N4Ni. The van der Waals surface area contributed by atoms with Crippen LogP contribution in [-0.4, -0.2) is 61.1 Å². The van der Waals surface area contributed by atoms with Crippen molar-refractivity contribution in [1.82, 2.24) is 19.6 Å². The van der Waals surface area contributed by atoms with E-state index in [1.165, 1.54) is 0 Å². The summed E-state index contributed by atoms with van der Waals surface area (Å²) in [6, 6.07) is 0. The Kier molecular flexibility index (Phi) is 10.9. The minimum atomic E-state index is 1.03. The van der Waals surface area contributed by atoms with E-state index < -0.39 is 0 Å². The molecule has 0 aliphatic carbocycles. The van der Waals surface area contributed by atoms with Crippen molar-refractivity contribution in [1.29, 1.82) is 0 Å². The van der Waals surface area contributed by atoms with Gasteiger partial charge in [-0.25, -0.2) is 0 Å². The van der Waals surface area contributed by atoms with E-state index in [0.717, 1.165) is 13.3 Å². The zero-order valence-corrected chi connectivity index (χ0v) is 15.9. The first-order chi connectivity index (χ1) is 7.99. The van der Waals surface area contributed by atoms with Crippen LogP contribution < -0.4 is 0 Å². The van der Waals surface area contributed by atoms with Gasteiger partial charge in [0.05, 0.1) is 13.3 Å². The second-order valence-corrected chi connectivity index (χ2v) is 12.3. The van der Waals surface area contributed by atoms with Gasteiger partial charge in [-0.2, -0.15) is 0 Å². The summed E-state index contributed by atoms with van der Waals surface area (Å²) in [4.78, 5) is 8.50. The molecule has 2 heterocycles. The third kappa shape index (κ3) is 10.3.